The van der Waals surface area contributed by atoms with Gasteiger partial charge in [-0.3, -0.25) is 9.59 Å². The quantitative estimate of drug-likeness (QED) is 0.923. The number of nitrogens with zero attached hydrogens (tertiary/aromatic N) is 1. The van der Waals surface area contributed by atoms with E-state index in [1.807, 2.05) is 4.90 Å². The number of primary amides is 1. The molecule has 0 bridgehead atoms. The number of hydrogen-bond donors (Lipinski definition) is 1. The second-order valence-corrected chi connectivity index (χ2v) is 6.47. The van der Waals surface area contributed by atoms with E-state index in [0.717, 1.165) is 19.5 Å². The maximum absolute atomic E-state index is 12.3. The number of benzene rings is 1. The fraction of sp³-hybridized carbons (Fsp3) is 0.500. The number of likely N-dealkylation sites (tertiary alicyclic amines) is 1. The Balaban J connectivity index is 2.02. The molecule has 1 fully saturated rings. The highest BCUT2D eigenvalue weighted by atomic mass is 35.5. The van der Waals surface area contributed by atoms with Gasteiger partial charge < -0.3 is 15.4 Å². The van der Waals surface area contributed by atoms with Crippen molar-refractivity contribution in [2.45, 2.75) is 20.3 Å². The third-order valence-electron chi connectivity index (χ3n) is 3.78. The minimum Gasteiger partial charge on any atom is -0.483 e. The highest BCUT2D eigenvalue weighted by Gasteiger charge is 2.25. The van der Waals surface area contributed by atoms with E-state index in [1.165, 1.54) is 12.1 Å². The van der Waals surface area contributed by atoms with Crippen LogP contribution in [-0.2, 0) is 4.79 Å². The molecule has 1 aliphatic rings. The fourth-order valence-corrected chi connectivity index (χ4v) is 3.08. The molecule has 22 heavy (non-hydrogen) atoms. The lowest BCUT2D eigenvalue weighted by atomic mass is 9.92. The van der Waals surface area contributed by atoms with E-state index in [4.69, 9.17) is 22.1 Å². The molecule has 1 aliphatic heterocycles. The standard InChI is InChI=1S/C16H21ClN2O3/c1-10-5-11(2)8-19(7-10)15(20)9-22-14-6-12(17)3-4-13(14)16(18)21/h3-4,6,10-11H,5,7-9H2,1-2H3,(H2,18,21)/t10-,11+. The number of nitrogens with two attached hydrogens (primary N) is 1. The zero-order valence-electron chi connectivity index (χ0n) is 12.8. The molecule has 2 amide bonds. The lowest BCUT2D eigenvalue weighted by molar-refractivity contribution is -0.136. The highest BCUT2D eigenvalue weighted by Crippen LogP contribution is 2.24. The first-order chi connectivity index (χ1) is 10.4. The summed E-state index contributed by atoms with van der Waals surface area (Å²) >= 11 is 5.90. The Morgan fingerprint density at radius 2 is 1.95 bits per heavy atom. The Kier molecular flexibility index (Phi) is 5.29. The summed E-state index contributed by atoms with van der Waals surface area (Å²) in [6, 6.07) is 4.55. The molecule has 5 nitrogen and oxygen atoms in total. The lowest BCUT2D eigenvalue weighted by Crippen LogP contribution is -2.44. The van der Waals surface area contributed by atoms with Crippen LogP contribution in [0.1, 0.15) is 30.6 Å². The van der Waals surface area contributed by atoms with Crippen molar-refractivity contribution in [1.82, 2.24) is 4.90 Å². The van der Waals surface area contributed by atoms with E-state index in [2.05, 4.69) is 13.8 Å². The van der Waals surface area contributed by atoms with Crippen LogP contribution in [0.5, 0.6) is 5.75 Å². The van der Waals surface area contributed by atoms with Crippen LogP contribution in [0.25, 0.3) is 0 Å². The summed E-state index contributed by atoms with van der Waals surface area (Å²) in [5.41, 5.74) is 5.51. The molecule has 1 heterocycles. The molecule has 0 spiro atoms. The number of carbonyl (C=O) groups is 2. The van der Waals surface area contributed by atoms with Crippen molar-refractivity contribution < 1.29 is 14.3 Å². The van der Waals surface area contributed by atoms with Gasteiger partial charge in [-0.05, 0) is 36.5 Å². The molecule has 0 unspecified atom stereocenters. The van der Waals surface area contributed by atoms with Crippen molar-refractivity contribution in [2.75, 3.05) is 19.7 Å². The van der Waals surface area contributed by atoms with Crippen LogP contribution in [0, 0.1) is 11.8 Å². The van der Waals surface area contributed by atoms with Crippen LogP contribution in [0.15, 0.2) is 18.2 Å². The first-order valence-corrected chi connectivity index (χ1v) is 7.74. The van der Waals surface area contributed by atoms with Gasteiger partial charge >= 0.3 is 0 Å². The van der Waals surface area contributed by atoms with Gasteiger partial charge in [-0.15, -0.1) is 0 Å². The predicted octanol–water partition coefficient (Wildman–Crippen LogP) is 2.32. The average molecular weight is 325 g/mol. The van der Waals surface area contributed by atoms with Crippen LogP contribution >= 0.6 is 11.6 Å². The second kappa shape index (κ2) is 7.01. The van der Waals surface area contributed by atoms with Gasteiger partial charge in [-0.25, -0.2) is 0 Å². The molecular formula is C16H21ClN2O3. The van der Waals surface area contributed by atoms with Gasteiger partial charge in [0.05, 0.1) is 5.56 Å². The molecule has 1 aromatic rings. The number of piperidine rings is 1. The number of carbonyl (C=O) groups excluding carboxylic acids is 2. The summed E-state index contributed by atoms with van der Waals surface area (Å²) in [5.74, 6) is 0.514. The molecule has 0 radical (unpaired) electrons. The van der Waals surface area contributed by atoms with Crippen molar-refractivity contribution in [2.24, 2.45) is 17.6 Å². The number of amides is 2. The topological polar surface area (TPSA) is 72.6 Å². The van der Waals surface area contributed by atoms with E-state index in [0.29, 0.717) is 16.9 Å². The van der Waals surface area contributed by atoms with Crippen LogP contribution in [0.4, 0.5) is 0 Å². The second-order valence-electron chi connectivity index (χ2n) is 6.04. The Bertz CT molecular complexity index is 567. The molecule has 2 atom stereocenters. The van der Waals surface area contributed by atoms with E-state index in [9.17, 15) is 9.59 Å². The summed E-state index contributed by atoms with van der Waals surface area (Å²) in [5, 5.41) is 0.424. The monoisotopic (exact) mass is 324 g/mol. The lowest BCUT2D eigenvalue weighted by Gasteiger charge is -2.34. The molecule has 2 rings (SSSR count). The number of rotatable bonds is 4. The van der Waals surface area contributed by atoms with Crippen molar-refractivity contribution in [3.05, 3.63) is 28.8 Å². The highest BCUT2D eigenvalue weighted by molar-refractivity contribution is 6.30. The van der Waals surface area contributed by atoms with Crippen molar-refractivity contribution in [1.29, 1.82) is 0 Å². The molecule has 1 saturated heterocycles. The number of ether oxygens (including phenoxy) is 1. The summed E-state index contributed by atoms with van der Waals surface area (Å²) in [7, 11) is 0. The van der Waals surface area contributed by atoms with Gasteiger partial charge in [0, 0.05) is 18.1 Å². The van der Waals surface area contributed by atoms with Crippen LogP contribution < -0.4 is 10.5 Å². The van der Waals surface area contributed by atoms with Crippen LogP contribution in [0.2, 0.25) is 5.02 Å². The summed E-state index contributed by atoms with van der Waals surface area (Å²) in [6.07, 6.45) is 1.13. The summed E-state index contributed by atoms with van der Waals surface area (Å²) in [6.45, 7) is 5.63. The SMILES string of the molecule is C[C@@H]1C[C@H](C)CN(C(=O)COc2cc(Cl)ccc2C(N)=O)C1. The fourth-order valence-electron chi connectivity index (χ4n) is 2.92. The van der Waals surface area contributed by atoms with Crippen LogP contribution in [-0.4, -0.2) is 36.4 Å². The van der Waals surface area contributed by atoms with Gasteiger partial charge in [-0.2, -0.15) is 0 Å². The molecule has 6 heteroatoms. The normalized spacial score (nSPS) is 21.5. The Morgan fingerprint density at radius 3 is 2.55 bits per heavy atom. The van der Waals surface area contributed by atoms with Gasteiger partial charge in [0.2, 0.25) is 0 Å². The Labute approximate surface area is 135 Å². The van der Waals surface area contributed by atoms with Gasteiger partial charge in [-0.1, -0.05) is 25.4 Å². The van der Waals surface area contributed by atoms with E-state index in [1.54, 1.807) is 6.07 Å². The largest absolute Gasteiger partial charge is 0.483 e. The maximum Gasteiger partial charge on any atom is 0.260 e. The first-order valence-electron chi connectivity index (χ1n) is 7.36. The zero-order chi connectivity index (χ0) is 16.3. The van der Waals surface area contributed by atoms with Crippen LogP contribution in [0.3, 0.4) is 0 Å². The molecular weight excluding hydrogens is 304 g/mol. The van der Waals surface area contributed by atoms with Gasteiger partial charge in [0.25, 0.3) is 11.8 Å². The van der Waals surface area contributed by atoms with Gasteiger partial charge in [0.15, 0.2) is 6.61 Å². The van der Waals surface area contributed by atoms with Gasteiger partial charge in [0.1, 0.15) is 5.75 Å². The number of halogens is 1. The maximum atomic E-state index is 12.3. The zero-order valence-corrected chi connectivity index (χ0v) is 13.6. The molecule has 0 aromatic heterocycles. The predicted molar refractivity (Wildman–Crippen MR) is 85.0 cm³/mol. The average Bonchev–Trinajstić information content (AvgIpc) is 2.43. The molecule has 2 N–H and O–H groups in total. The number of hydrogen-bond acceptors (Lipinski definition) is 3. The minimum atomic E-state index is -0.612. The molecule has 120 valence electrons. The summed E-state index contributed by atoms with van der Waals surface area (Å²) in [4.78, 5) is 25.5. The third-order valence-corrected chi connectivity index (χ3v) is 4.02. The van der Waals surface area contributed by atoms with E-state index in [-0.39, 0.29) is 23.8 Å². The molecule has 1 aromatic carbocycles. The Morgan fingerprint density at radius 1 is 1.32 bits per heavy atom. The molecule has 0 aliphatic carbocycles. The minimum absolute atomic E-state index is 0.0891. The van der Waals surface area contributed by atoms with E-state index >= 15 is 0 Å². The van der Waals surface area contributed by atoms with E-state index < -0.39 is 5.91 Å². The molecule has 0 saturated carbocycles. The first kappa shape index (κ1) is 16.6. The van der Waals surface area contributed by atoms with Crippen molar-refractivity contribution in [3.63, 3.8) is 0 Å². The summed E-state index contributed by atoms with van der Waals surface area (Å²) < 4.78 is 5.49. The van der Waals surface area contributed by atoms with Crippen molar-refractivity contribution in [3.8, 4) is 5.75 Å². The Hall–Kier alpha value is -1.75. The third kappa shape index (κ3) is 4.13. The van der Waals surface area contributed by atoms with Crippen molar-refractivity contribution >= 4 is 23.4 Å². The smallest absolute Gasteiger partial charge is 0.260 e.